The number of nitrogens with zero attached hydrogens (tertiary/aromatic N) is 1. The summed E-state index contributed by atoms with van der Waals surface area (Å²) in [5.74, 6) is 0.500. The van der Waals surface area contributed by atoms with Crippen LogP contribution in [0.1, 0.15) is 25.8 Å². The third-order valence-electron chi connectivity index (χ3n) is 3.47. The Hall–Kier alpha value is -0.680. The Morgan fingerprint density at radius 1 is 1.47 bits per heavy atom. The summed E-state index contributed by atoms with van der Waals surface area (Å²) in [6, 6.07) is 3.72. The van der Waals surface area contributed by atoms with E-state index >= 15 is 0 Å². The van der Waals surface area contributed by atoms with E-state index in [-0.39, 0.29) is 5.82 Å². The van der Waals surface area contributed by atoms with Crippen LogP contribution in [0, 0.1) is 16.5 Å². The molecule has 2 aromatic rings. The largest absolute Gasteiger partial charge is 0.331 e. The van der Waals surface area contributed by atoms with E-state index in [0.29, 0.717) is 15.3 Å². The lowest BCUT2D eigenvalue weighted by Gasteiger charge is -2.34. The molecule has 1 aliphatic carbocycles. The smallest absolute Gasteiger partial charge is 0.178 e. The van der Waals surface area contributed by atoms with Crippen LogP contribution in [0.25, 0.3) is 11.0 Å². The number of nitrogens with one attached hydrogen (secondary N) is 1. The molecule has 1 aromatic heterocycles. The van der Waals surface area contributed by atoms with Gasteiger partial charge in [-0.25, -0.2) is 4.39 Å². The maximum Gasteiger partial charge on any atom is 0.178 e. The van der Waals surface area contributed by atoms with Gasteiger partial charge in [0, 0.05) is 12.1 Å². The van der Waals surface area contributed by atoms with E-state index in [1.54, 1.807) is 12.1 Å². The zero-order valence-electron chi connectivity index (χ0n) is 9.34. The highest BCUT2D eigenvalue weighted by atomic mass is 79.9. The first-order chi connectivity index (χ1) is 8.06. The Labute approximate surface area is 112 Å². The van der Waals surface area contributed by atoms with Gasteiger partial charge in [-0.05, 0) is 53.0 Å². The number of benzene rings is 1. The summed E-state index contributed by atoms with van der Waals surface area (Å²) in [6.45, 7) is 2.23. The van der Waals surface area contributed by atoms with Crippen LogP contribution in [0.15, 0.2) is 16.6 Å². The van der Waals surface area contributed by atoms with Crippen molar-refractivity contribution in [2.24, 2.45) is 5.92 Å². The highest BCUT2D eigenvalue weighted by molar-refractivity contribution is 9.10. The van der Waals surface area contributed by atoms with Gasteiger partial charge >= 0.3 is 0 Å². The third kappa shape index (κ3) is 1.76. The van der Waals surface area contributed by atoms with E-state index in [0.717, 1.165) is 29.8 Å². The molecule has 2 nitrogen and oxygen atoms in total. The summed E-state index contributed by atoms with van der Waals surface area (Å²) >= 11 is 8.51. The second kappa shape index (κ2) is 3.92. The molecule has 0 bridgehead atoms. The maximum absolute atomic E-state index is 13.6. The fourth-order valence-corrected chi connectivity index (χ4v) is 3.25. The van der Waals surface area contributed by atoms with Crippen LogP contribution in [0.3, 0.4) is 0 Å². The molecule has 0 radical (unpaired) electrons. The Morgan fingerprint density at radius 3 is 2.82 bits per heavy atom. The van der Waals surface area contributed by atoms with Gasteiger partial charge < -0.3 is 9.55 Å². The number of H-pyrrole nitrogens is 1. The van der Waals surface area contributed by atoms with Gasteiger partial charge in [0.25, 0.3) is 0 Å². The SMILES string of the molecule is CC1CC(n2c(=S)[nH]c3cc(Br)c(F)cc32)C1. The van der Waals surface area contributed by atoms with Crippen LogP contribution in [-0.2, 0) is 0 Å². The Bertz CT molecular complexity index is 640. The maximum atomic E-state index is 13.6. The van der Waals surface area contributed by atoms with Gasteiger partial charge in [-0.3, -0.25) is 0 Å². The molecule has 0 amide bonds. The standard InChI is InChI=1S/C12H12BrFN2S/c1-6-2-7(3-6)16-11-5-9(14)8(13)4-10(11)15-12(16)17/h4-7H,2-3H2,1H3,(H,15,17). The molecule has 17 heavy (non-hydrogen) atoms. The van der Waals surface area contributed by atoms with Gasteiger partial charge in [0.1, 0.15) is 5.82 Å². The Balaban J connectivity index is 2.20. The Morgan fingerprint density at radius 2 is 2.18 bits per heavy atom. The van der Waals surface area contributed by atoms with Crippen molar-refractivity contribution < 1.29 is 4.39 Å². The molecule has 3 rings (SSSR count). The van der Waals surface area contributed by atoms with Crippen LogP contribution in [0.5, 0.6) is 0 Å². The first-order valence-corrected chi connectivity index (χ1v) is 6.85. The number of imidazole rings is 1. The van der Waals surface area contributed by atoms with Crippen molar-refractivity contribution in [2.45, 2.75) is 25.8 Å². The average molecular weight is 315 g/mol. The van der Waals surface area contributed by atoms with E-state index in [2.05, 4.69) is 32.4 Å². The van der Waals surface area contributed by atoms with Crippen molar-refractivity contribution in [1.82, 2.24) is 9.55 Å². The molecule has 0 aliphatic heterocycles. The van der Waals surface area contributed by atoms with Crippen LogP contribution in [0.4, 0.5) is 4.39 Å². The molecule has 0 saturated heterocycles. The molecular formula is C12H12BrFN2S. The monoisotopic (exact) mass is 314 g/mol. The molecule has 1 fully saturated rings. The predicted octanol–water partition coefficient (Wildman–Crippen LogP) is 4.57. The number of rotatable bonds is 1. The van der Waals surface area contributed by atoms with Crippen LogP contribution >= 0.6 is 28.1 Å². The van der Waals surface area contributed by atoms with Gasteiger partial charge in [-0.2, -0.15) is 0 Å². The summed E-state index contributed by atoms with van der Waals surface area (Å²) < 4.78 is 16.8. The van der Waals surface area contributed by atoms with Gasteiger partial charge in [-0.1, -0.05) is 6.92 Å². The van der Waals surface area contributed by atoms with Crippen molar-refractivity contribution in [3.05, 3.63) is 27.2 Å². The van der Waals surface area contributed by atoms with Gasteiger partial charge in [0.2, 0.25) is 0 Å². The van der Waals surface area contributed by atoms with E-state index in [9.17, 15) is 4.39 Å². The number of halogens is 2. The molecule has 1 heterocycles. The first-order valence-electron chi connectivity index (χ1n) is 5.65. The normalized spacial score (nSPS) is 23.9. The number of fused-ring (bicyclic) bond motifs is 1. The number of aromatic nitrogens is 2. The van der Waals surface area contributed by atoms with Gasteiger partial charge in [-0.15, -0.1) is 0 Å². The lowest BCUT2D eigenvalue weighted by Crippen LogP contribution is -2.24. The highest BCUT2D eigenvalue weighted by Crippen LogP contribution is 2.39. The molecular weight excluding hydrogens is 303 g/mol. The van der Waals surface area contributed by atoms with Crippen molar-refractivity contribution in [2.75, 3.05) is 0 Å². The molecule has 90 valence electrons. The van der Waals surface area contributed by atoms with Crippen LogP contribution < -0.4 is 0 Å². The summed E-state index contributed by atoms with van der Waals surface area (Å²) in [7, 11) is 0. The predicted molar refractivity (Wildman–Crippen MR) is 72.2 cm³/mol. The lowest BCUT2D eigenvalue weighted by molar-refractivity contribution is 0.219. The summed E-state index contributed by atoms with van der Waals surface area (Å²) in [4.78, 5) is 3.14. The fourth-order valence-electron chi connectivity index (χ4n) is 2.55. The van der Waals surface area contributed by atoms with Gasteiger partial charge in [0.05, 0.1) is 15.5 Å². The Kier molecular flexibility index (Phi) is 2.63. The van der Waals surface area contributed by atoms with E-state index in [1.165, 1.54) is 0 Å². The topological polar surface area (TPSA) is 20.7 Å². The molecule has 1 N–H and O–H groups in total. The minimum absolute atomic E-state index is 0.243. The quantitative estimate of drug-likeness (QED) is 0.765. The molecule has 1 saturated carbocycles. The second-order valence-corrected chi connectivity index (χ2v) is 6.06. The van der Waals surface area contributed by atoms with E-state index in [1.807, 2.05) is 0 Å². The molecule has 0 spiro atoms. The minimum atomic E-state index is -0.243. The van der Waals surface area contributed by atoms with Crippen molar-refractivity contribution in [3.8, 4) is 0 Å². The number of aromatic amines is 1. The molecule has 0 atom stereocenters. The zero-order chi connectivity index (χ0) is 12.2. The molecule has 5 heteroatoms. The molecule has 0 unspecified atom stereocenters. The average Bonchev–Trinajstić information content (AvgIpc) is 2.51. The zero-order valence-corrected chi connectivity index (χ0v) is 11.7. The molecule has 1 aromatic carbocycles. The lowest BCUT2D eigenvalue weighted by atomic mass is 9.81. The third-order valence-corrected chi connectivity index (χ3v) is 4.38. The van der Waals surface area contributed by atoms with Crippen molar-refractivity contribution in [3.63, 3.8) is 0 Å². The van der Waals surface area contributed by atoms with E-state index in [4.69, 9.17) is 12.2 Å². The summed E-state index contributed by atoms with van der Waals surface area (Å²) in [5.41, 5.74) is 1.76. The van der Waals surface area contributed by atoms with Crippen LogP contribution in [-0.4, -0.2) is 9.55 Å². The highest BCUT2D eigenvalue weighted by Gasteiger charge is 2.28. The summed E-state index contributed by atoms with van der Waals surface area (Å²) in [6.07, 6.45) is 2.25. The van der Waals surface area contributed by atoms with Crippen LogP contribution in [0.2, 0.25) is 0 Å². The number of hydrogen-bond acceptors (Lipinski definition) is 1. The first kappa shape index (κ1) is 11.4. The second-order valence-electron chi connectivity index (χ2n) is 4.81. The van der Waals surface area contributed by atoms with Gasteiger partial charge in [0.15, 0.2) is 4.77 Å². The fraction of sp³-hybridized carbons (Fsp3) is 0.417. The molecule has 1 aliphatic rings. The van der Waals surface area contributed by atoms with E-state index < -0.39 is 0 Å². The van der Waals surface area contributed by atoms with Crippen molar-refractivity contribution >= 4 is 39.2 Å². The minimum Gasteiger partial charge on any atom is -0.331 e. The summed E-state index contributed by atoms with van der Waals surface area (Å²) in [5, 5.41) is 0. The number of hydrogen-bond donors (Lipinski definition) is 1. The van der Waals surface area contributed by atoms with Crippen molar-refractivity contribution in [1.29, 1.82) is 0 Å².